The van der Waals surface area contributed by atoms with E-state index in [4.69, 9.17) is 0 Å². The Kier molecular flexibility index (Phi) is 3.13. The molecule has 17 heavy (non-hydrogen) atoms. The van der Waals surface area contributed by atoms with Gasteiger partial charge in [0, 0.05) is 17.6 Å². The van der Waals surface area contributed by atoms with Crippen LogP contribution in [0, 0.1) is 5.82 Å². The van der Waals surface area contributed by atoms with Gasteiger partial charge >= 0.3 is 0 Å². The van der Waals surface area contributed by atoms with Crippen molar-refractivity contribution in [1.82, 2.24) is 0 Å². The molecule has 0 saturated carbocycles. The summed E-state index contributed by atoms with van der Waals surface area (Å²) in [6.07, 6.45) is 1.48. The summed E-state index contributed by atoms with van der Waals surface area (Å²) in [7, 11) is 0. The van der Waals surface area contributed by atoms with Crippen LogP contribution in [0.25, 0.3) is 0 Å². The molecular weight excluding hydrogens is 217 g/mol. The lowest BCUT2D eigenvalue weighted by atomic mass is 9.99. The van der Waals surface area contributed by atoms with Gasteiger partial charge in [-0.3, -0.25) is 0 Å². The molecule has 1 aliphatic rings. The molecule has 2 rings (SSSR count). The molecule has 0 bridgehead atoms. The highest BCUT2D eigenvalue weighted by Gasteiger charge is 2.35. The topological polar surface area (TPSA) is 23.5 Å². The van der Waals surface area contributed by atoms with E-state index in [-0.39, 0.29) is 11.4 Å². The predicted molar refractivity (Wildman–Crippen MR) is 67.7 cm³/mol. The van der Waals surface area contributed by atoms with Gasteiger partial charge in [0.2, 0.25) is 0 Å². The van der Waals surface area contributed by atoms with Gasteiger partial charge in [0.25, 0.3) is 0 Å². The van der Waals surface area contributed by atoms with Gasteiger partial charge in [-0.2, -0.15) is 0 Å². The van der Waals surface area contributed by atoms with E-state index in [9.17, 15) is 9.50 Å². The van der Waals surface area contributed by atoms with Crippen molar-refractivity contribution in [3.63, 3.8) is 0 Å². The zero-order chi connectivity index (χ0) is 12.6. The van der Waals surface area contributed by atoms with Crippen molar-refractivity contribution in [2.45, 2.75) is 45.3 Å². The Labute approximate surface area is 102 Å². The number of anilines is 1. The van der Waals surface area contributed by atoms with Crippen LogP contribution >= 0.6 is 0 Å². The minimum atomic E-state index is -0.642. The number of halogens is 1. The second-order valence-corrected chi connectivity index (χ2v) is 5.42. The summed E-state index contributed by atoms with van der Waals surface area (Å²) in [4.78, 5) is 2.09. The number of para-hydroxylation sites is 1. The lowest BCUT2D eigenvalue weighted by molar-refractivity contribution is 0.199. The Morgan fingerprint density at radius 3 is 2.65 bits per heavy atom. The molecule has 1 N–H and O–H groups in total. The van der Waals surface area contributed by atoms with E-state index in [1.165, 1.54) is 6.07 Å². The third-order valence-corrected chi connectivity index (χ3v) is 3.64. The molecule has 0 amide bonds. The first kappa shape index (κ1) is 12.4. The van der Waals surface area contributed by atoms with Crippen LogP contribution in [0.2, 0.25) is 0 Å². The second kappa shape index (κ2) is 4.30. The molecule has 2 nitrogen and oxygen atoms in total. The number of hydrogen-bond acceptors (Lipinski definition) is 2. The van der Waals surface area contributed by atoms with Gasteiger partial charge in [-0.15, -0.1) is 0 Å². The Morgan fingerprint density at radius 2 is 2.12 bits per heavy atom. The van der Waals surface area contributed by atoms with Crippen LogP contribution in [0.1, 0.15) is 45.3 Å². The van der Waals surface area contributed by atoms with Crippen LogP contribution in [0.4, 0.5) is 10.1 Å². The molecule has 1 atom stereocenters. The minimum absolute atomic E-state index is 0.0359. The summed E-state index contributed by atoms with van der Waals surface area (Å²) in [5.74, 6) is -0.238. The van der Waals surface area contributed by atoms with Crippen molar-refractivity contribution in [3.05, 3.63) is 29.6 Å². The van der Waals surface area contributed by atoms with E-state index in [1.54, 1.807) is 19.1 Å². The van der Waals surface area contributed by atoms with Gasteiger partial charge in [0.15, 0.2) is 0 Å². The molecular formula is C14H20FNO. The number of aliphatic hydroxyl groups is 1. The maximum absolute atomic E-state index is 14.1. The van der Waals surface area contributed by atoms with Gasteiger partial charge in [0.05, 0.1) is 11.8 Å². The highest BCUT2D eigenvalue weighted by Crippen LogP contribution is 2.38. The van der Waals surface area contributed by atoms with Crippen molar-refractivity contribution < 1.29 is 9.50 Å². The fourth-order valence-corrected chi connectivity index (χ4v) is 2.68. The Hall–Kier alpha value is -1.09. The average molecular weight is 237 g/mol. The highest BCUT2D eigenvalue weighted by molar-refractivity contribution is 5.58. The molecule has 1 heterocycles. The summed E-state index contributed by atoms with van der Waals surface area (Å²) >= 11 is 0. The standard InChI is InChI=1S/C14H20FNO/c1-10(17)11-6-4-7-12(15)13(11)16-9-5-8-14(16,2)3/h4,6-7,10,17H,5,8-9H2,1-3H3. The zero-order valence-corrected chi connectivity index (χ0v) is 10.7. The van der Waals surface area contributed by atoms with Crippen molar-refractivity contribution >= 4 is 5.69 Å². The first-order chi connectivity index (χ1) is 7.93. The first-order valence-corrected chi connectivity index (χ1v) is 6.17. The number of benzene rings is 1. The molecule has 1 aliphatic heterocycles. The summed E-state index contributed by atoms with van der Waals surface area (Å²) < 4.78 is 14.1. The van der Waals surface area contributed by atoms with Crippen molar-refractivity contribution in [2.24, 2.45) is 0 Å². The maximum atomic E-state index is 14.1. The molecule has 0 radical (unpaired) electrons. The quantitative estimate of drug-likeness (QED) is 0.853. The molecule has 0 aromatic heterocycles. The van der Waals surface area contributed by atoms with Crippen LogP contribution in [-0.4, -0.2) is 17.2 Å². The fourth-order valence-electron chi connectivity index (χ4n) is 2.68. The summed E-state index contributed by atoms with van der Waals surface area (Å²) in [6, 6.07) is 4.93. The van der Waals surface area contributed by atoms with Crippen LogP contribution in [0.15, 0.2) is 18.2 Å². The summed E-state index contributed by atoms with van der Waals surface area (Å²) in [5, 5.41) is 9.77. The van der Waals surface area contributed by atoms with Gasteiger partial charge in [-0.25, -0.2) is 4.39 Å². The van der Waals surface area contributed by atoms with E-state index in [0.717, 1.165) is 19.4 Å². The smallest absolute Gasteiger partial charge is 0.146 e. The fraction of sp³-hybridized carbons (Fsp3) is 0.571. The van der Waals surface area contributed by atoms with Crippen molar-refractivity contribution in [3.8, 4) is 0 Å². The monoisotopic (exact) mass is 237 g/mol. The van der Waals surface area contributed by atoms with Gasteiger partial charge in [-0.05, 0) is 39.7 Å². The van der Waals surface area contributed by atoms with Crippen LogP contribution < -0.4 is 4.90 Å². The second-order valence-electron chi connectivity index (χ2n) is 5.42. The minimum Gasteiger partial charge on any atom is -0.389 e. The Balaban J connectivity index is 2.50. The molecule has 1 saturated heterocycles. The lowest BCUT2D eigenvalue weighted by Crippen LogP contribution is -2.39. The lowest BCUT2D eigenvalue weighted by Gasteiger charge is -2.35. The van der Waals surface area contributed by atoms with Crippen molar-refractivity contribution in [1.29, 1.82) is 0 Å². The SMILES string of the molecule is CC(O)c1cccc(F)c1N1CCCC1(C)C. The number of hydrogen-bond donors (Lipinski definition) is 1. The third-order valence-electron chi connectivity index (χ3n) is 3.64. The zero-order valence-electron chi connectivity index (χ0n) is 10.7. The van der Waals surface area contributed by atoms with Gasteiger partial charge in [-0.1, -0.05) is 12.1 Å². The summed E-state index contributed by atoms with van der Waals surface area (Å²) in [5.41, 5.74) is 1.22. The molecule has 94 valence electrons. The average Bonchev–Trinajstić information content (AvgIpc) is 2.57. The van der Waals surface area contributed by atoms with E-state index in [1.807, 2.05) is 0 Å². The van der Waals surface area contributed by atoms with Gasteiger partial charge in [0.1, 0.15) is 5.82 Å². The van der Waals surface area contributed by atoms with Gasteiger partial charge < -0.3 is 10.0 Å². The Morgan fingerprint density at radius 1 is 1.41 bits per heavy atom. The summed E-state index contributed by atoms with van der Waals surface area (Å²) in [6.45, 7) is 6.78. The first-order valence-electron chi connectivity index (χ1n) is 6.17. The Bertz CT molecular complexity index is 415. The molecule has 0 spiro atoms. The molecule has 0 aliphatic carbocycles. The number of aliphatic hydroxyl groups excluding tert-OH is 1. The van der Waals surface area contributed by atoms with E-state index < -0.39 is 6.10 Å². The van der Waals surface area contributed by atoms with Crippen LogP contribution in [0.5, 0.6) is 0 Å². The van der Waals surface area contributed by atoms with E-state index in [2.05, 4.69) is 18.7 Å². The normalized spacial score (nSPS) is 20.6. The molecule has 3 heteroatoms. The van der Waals surface area contributed by atoms with E-state index in [0.29, 0.717) is 11.3 Å². The number of rotatable bonds is 2. The largest absolute Gasteiger partial charge is 0.389 e. The van der Waals surface area contributed by atoms with Crippen molar-refractivity contribution in [2.75, 3.05) is 11.4 Å². The van der Waals surface area contributed by atoms with E-state index >= 15 is 0 Å². The predicted octanol–water partition coefficient (Wildman–Crippen LogP) is 3.26. The molecule has 1 unspecified atom stereocenters. The molecule has 1 fully saturated rings. The number of nitrogens with zero attached hydrogens (tertiary/aromatic N) is 1. The molecule has 1 aromatic rings. The van der Waals surface area contributed by atoms with Crippen LogP contribution in [0.3, 0.4) is 0 Å². The third kappa shape index (κ3) is 2.16. The van der Waals surface area contributed by atoms with Crippen LogP contribution in [-0.2, 0) is 0 Å². The maximum Gasteiger partial charge on any atom is 0.146 e. The highest BCUT2D eigenvalue weighted by atomic mass is 19.1. The molecule has 1 aromatic carbocycles.